The van der Waals surface area contributed by atoms with Crippen molar-refractivity contribution in [2.75, 3.05) is 13.6 Å². The summed E-state index contributed by atoms with van der Waals surface area (Å²) in [5.41, 5.74) is 0. The fourth-order valence-corrected chi connectivity index (χ4v) is 1.90. The molecular weight excluding hydrogens is 314 g/mol. The molecular formula is C21H37NO3. The van der Waals surface area contributed by atoms with E-state index in [2.05, 4.69) is 38.2 Å². The zero-order valence-electron chi connectivity index (χ0n) is 17.3. The maximum absolute atomic E-state index is 10.1. The molecule has 0 bridgehead atoms. The first kappa shape index (κ1) is 25.6. The van der Waals surface area contributed by atoms with Gasteiger partial charge in [0.2, 0.25) is 0 Å². The number of rotatable bonds is 8. The highest BCUT2D eigenvalue weighted by Gasteiger charge is 2.11. The van der Waals surface area contributed by atoms with Gasteiger partial charge in [0.25, 0.3) is 0 Å². The third-order valence-corrected chi connectivity index (χ3v) is 3.48. The van der Waals surface area contributed by atoms with Crippen LogP contribution in [0.2, 0.25) is 0 Å². The fourth-order valence-electron chi connectivity index (χ4n) is 1.90. The summed E-state index contributed by atoms with van der Waals surface area (Å²) in [6, 6.07) is 4.23. The number of hydrogen-bond donors (Lipinski definition) is 1. The molecule has 2 unspecified atom stereocenters. The zero-order valence-corrected chi connectivity index (χ0v) is 17.3. The van der Waals surface area contributed by atoms with E-state index in [1.54, 1.807) is 0 Å². The van der Waals surface area contributed by atoms with Gasteiger partial charge in [0.1, 0.15) is 11.5 Å². The van der Waals surface area contributed by atoms with Gasteiger partial charge in [-0.3, -0.25) is 9.59 Å². The predicted molar refractivity (Wildman–Crippen MR) is 106 cm³/mol. The van der Waals surface area contributed by atoms with Gasteiger partial charge >= 0.3 is 0 Å². The average molecular weight is 352 g/mol. The Morgan fingerprint density at radius 2 is 1.64 bits per heavy atom. The lowest BCUT2D eigenvalue weighted by Gasteiger charge is -2.08. The van der Waals surface area contributed by atoms with Crippen molar-refractivity contribution in [1.82, 2.24) is 5.32 Å². The van der Waals surface area contributed by atoms with Gasteiger partial charge < -0.3 is 9.73 Å². The molecule has 0 aliphatic carbocycles. The highest BCUT2D eigenvalue weighted by molar-refractivity contribution is 5.96. The monoisotopic (exact) mass is 351 g/mol. The molecule has 144 valence electrons. The van der Waals surface area contributed by atoms with Gasteiger partial charge in [0, 0.05) is 18.9 Å². The van der Waals surface area contributed by atoms with Crippen LogP contribution in [0.1, 0.15) is 72.3 Å². The molecule has 4 nitrogen and oxygen atoms in total. The van der Waals surface area contributed by atoms with Gasteiger partial charge in [-0.1, -0.05) is 41.0 Å². The van der Waals surface area contributed by atoms with Crippen LogP contribution >= 0.6 is 0 Å². The minimum absolute atomic E-state index is 0.0970. The molecule has 0 aromatic carbocycles. The van der Waals surface area contributed by atoms with Crippen LogP contribution < -0.4 is 5.32 Å². The number of hydrogen-bond acceptors (Lipinski definition) is 4. The molecule has 0 spiro atoms. The summed E-state index contributed by atoms with van der Waals surface area (Å²) in [4.78, 5) is 20.2. The SMILES string of the molecule is CC.CC(=O)/C=C\C(C)=O.CCC(C)Cc1ccc(C(C)CNC)o1. The van der Waals surface area contributed by atoms with Crippen LogP contribution in [0.15, 0.2) is 28.7 Å². The lowest BCUT2D eigenvalue weighted by Crippen LogP contribution is -2.14. The molecule has 0 saturated carbocycles. The Bertz CT molecular complexity index is 487. The summed E-state index contributed by atoms with van der Waals surface area (Å²) >= 11 is 0. The lowest BCUT2D eigenvalue weighted by molar-refractivity contribution is -0.114. The van der Waals surface area contributed by atoms with Crippen molar-refractivity contribution in [1.29, 1.82) is 0 Å². The molecule has 2 atom stereocenters. The first-order chi connectivity index (χ1) is 11.8. The van der Waals surface area contributed by atoms with Gasteiger partial charge in [-0.2, -0.15) is 0 Å². The van der Waals surface area contributed by atoms with E-state index in [9.17, 15) is 9.59 Å². The number of furan rings is 1. The number of carbonyl (C=O) groups excluding carboxylic acids is 2. The van der Waals surface area contributed by atoms with E-state index in [1.807, 2.05) is 20.9 Å². The van der Waals surface area contributed by atoms with Gasteiger partial charge in [-0.25, -0.2) is 0 Å². The van der Waals surface area contributed by atoms with Crippen LogP contribution in [0.5, 0.6) is 0 Å². The molecule has 0 aliphatic rings. The first-order valence-corrected chi connectivity index (χ1v) is 9.22. The number of ketones is 2. The smallest absolute Gasteiger partial charge is 0.152 e. The zero-order chi connectivity index (χ0) is 19.8. The van der Waals surface area contributed by atoms with Crippen LogP contribution in [0.4, 0.5) is 0 Å². The summed E-state index contributed by atoms with van der Waals surface area (Å²) in [5, 5.41) is 3.17. The normalized spacial score (nSPS) is 12.5. The largest absolute Gasteiger partial charge is 0.466 e. The quantitative estimate of drug-likeness (QED) is 0.674. The van der Waals surface area contributed by atoms with E-state index >= 15 is 0 Å². The van der Waals surface area contributed by atoms with Gasteiger partial charge in [0.15, 0.2) is 11.6 Å². The van der Waals surface area contributed by atoms with Crippen molar-refractivity contribution in [3.8, 4) is 0 Å². The van der Waals surface area contributed by atoms with E-state index < -0.39 is 0 Å². The summed E-state index contributed by atoms with van der Waals surface area (Å²) in [6.45, 7) is 14.4. The molecule has 0 radical (unpaired) electrons. The van der Waals surface area contributed by atoms with Crippen molar-refractivity contribution < 1.29 is 14.0 Å². The maximum Gasteiger partial charge on any atom is 0.152 e. The van der Waals surface area contributed by atoms with E-state index in [1.165, 1.54) is 32.4 Å². The maximum atomic E-state index is 10.1. The lowest BCUT2D eigenvalue weighted by atomic mass is 10.0. The van der Waals surface area contributed by atoms with Crippen LogP contribution in [0, 0.1) is 5.92 Å². The van der Waals surface area contributed by atoms with Crippen LogP contribution in [0.3, 0.4) is 0 Å². The molecule has 25 heavy (non-hydrogen) atoms. The van der Waals surface area contributed by atoms with Gasteiger partial charge in [-0.15, -0.1) is 0 Å². The van der Waals surface area contributed by atoms with Crippen molar-refractivity contribution in [2.24, 2.45) is 5.92 Å². The Balaban J connectivity index is 0. The topological polar surface area (TPSA) is 59.3 Å². The molecule has 4 heteroatoms. The first-order valence-electron chi connectivity index (χ1n) is 9.22. The van der Waals surface area contributed by atoms with Gasteiger partial charge in [0.05, 0.1) is 0 Å². The average Bonchev–Trinajstić information content (AvgIpc) is 3.04. The molecule has 1 heterocycles. The standard InChI is InChI=1S/C13H23NO.C6H8O2.C2H6/c1-5-10(2)8-12-6-7-13(15-12)11(3)9-14-4;1-5(7)3-4-6(2)8;1-2/h6-7,10-11,14H,5,8-9H2,1-4H3;3-4H,1-2H3;1-2H3/b;4-3-;. The van der Waals surface area contributed by atoms with Crippen molar-refractivity contribution >= 4 is 11.6 Å². The molecule has 1 aromatic heterocycles. The summed E-state index contributed by atoms with van der Waals surface area (Å²) in [5.74, 6) is 3.20. The van der Waals surface area contributed by atoms with E-state index in [4.69, 9.17) is 4.42 Å². The number of nitrogens with one attached hydrogen (secondary N) is 1. The van der Waals surface area contributed by atoms with Crippen LogP contribution in [-0.4, -0.2) is 25.2 Å². The number of carbonyl (C=O) groups is 2. The Hall–Kier alpha value is -1.68. The molecule has 1 N–H and O–H groups in total. The van der Waals surface area contributed by atoms with Gasteiger partial charge in [-0.05, 0) is 51.1 Å². The Morgan fingerprint density at radius 3 is 2.04 bits per heavy atom. The third kappa shape index (κ3) is 14.4. The highest BCUT2D eigenvalue weighted by Crippen LogP contribution is 2.20. The second kappa shape index (κ2) is 15.8. The molecule has 0 amide bonds. The van der Waals surface area contributed by atoms with E-state index in [-0.39, 0.29) is 11.6 Å². The minimum atomic E-state index is -0.0970. The number of likely N-dealkylation sites (N-methyl/N-ethyl adjacent to an activating group) is 1. The number of allylic oxidation sites excluding steroid dienone is 2. The second-order valence-corrected chi connectivity index (χ2v) is 6.03. The van der Waals surface area contributed by atoms with E-state index in [0.717, 1.165) is 24.5 Å². The molecule has 1 aromatic rings. The Labute approximate surface area is 154 Å². The molecule has 0 saturated heterocycles. The summed E-state index contributed by atoms with van der Waals surface area (Å²) in [7, 11) is 1.97. The summed E-state index contributed by atoms with van der Waals surface area (Å²) in [6.07, 6.45) is 4.77. The highest BCUT2D eigenvalue weighted by atomic mass is 16.3. The van der Waals surface area contributed by atoms with Crippen molar-refractivity contribution in [2.45, 2.75) is 67.2 Å². The van der Waals surface area contributed by atoms with Crippen molar-refractivity contribution in [3.63, 3.8) is 0 Å². The van der Waals surface area contributed by atoms with Crippen LogP contribution in [0.25, 0.3) is 0 Å². The third-order valence-electron chi connectivity index (χ3n) is 3.48. The van der Waals surface area contributed by atoms with Crippen LogP contribution in [-0.2, 0) is 16.0 Å². The molecule has 0 fully saturated rings. The fraction of sp³-hybridized carbons (Fsp3) is 0.619. The summed E-state index contributed by atoms with van der Waals surface area (Å²) < 4.78 is 5.83. The molecule has 1 rings (SSSR count). The van der Waals surface area contributed by atoms with E-state index in [0.29, 0.717) is 11.8 Å². The Kier molecular flexibility index (Phi) is 16.2. The second-order valence-electron chi connectivity index (χ2n) is 6.03. The van der Waals surface area contributed by atoms with Crippen molar-refractivity contribution in [3.05, 3.63) is 35.8 Å². The predicted octanol–water partition coefficient (Wildman–Crippen LogP) is 4.94. The Morgan fingerprint density at radius 1 is 1.12 bits per heavy atom. The molecule has 0 aliphatic heterocycles. The minimum Gasteiger partial charge on any atom is -0.466 e.